The molecule has 0 aliphatic heterocycles. The summed E-state index contributed by atoms with van der Waals surface area (Å²) in [7, 11) is 6.06. The van der Waals surface area contributed by atoms with Crippen molar-refractivity contribution >= 4 is 17.1 Å². The first-order valence-corrected chi connectivity index (χ1v) is 9.96. The molecule has 3 aromatic rings. The van der Waals surface area contributed by atoms with Crippen molar-refractivity contribution in [1.82, 2.24) is 4.90 Å². The molecule has 0 aromatic heterocycles. The van der Waals surface area contributed by atoms with Crippen molar-refractivity contribution in [1.29, 1.82) is 0 Å². The molecule has 6 nitrogen and oxygen atoms in total. The Labute approximate surface area is 177 Å². The summed E-state index contributed by atoms with van der Waals surface area (Å²) in [4.78, 5) is 15.6. The molecule has 30 heavy (non-hydrogen) atoms. The Hall–Kier alpha value is -3.38. The molecule has 0 aliphatic rings. The van der Waals surface area contributed by atoms with Crippen molar-refractivity contribution < 1.29 is 4.92 Å². The highest BCUT2D eigenvalue weighted by atomic mass is 16.6. The lowest BCUT2D eigenvalue weighted by Crippen LogP contribution is -2.28. The van der Waals surface area contributed by atoms with Crippen molar-refractivity contribution in [3.05, 3.63) is 100 Å². The molecule has 0 radical (unpaired) electrons. The van der Waals surface area contributed by atoms with Gasteiger partial charge < -0.3 is 15.1 Å². The normalized spacial score (nSPS) is 11.0. The molecule has 1 N–H and O–H groups in total. The number of benzene rings is 3. The molecule has 0 saturated carbocycles. The summed E-state index contributed by atoms with van der Waals surface area (Å²) in [5, 5.41) is 15.2. The Kier molecular flexibility index (Phi) is 7.03. The van der Waals surface area contributed by atoms with Crippen LogP contribution in [0.1, 0.15) is 17.2 Å². The summed E-state index contributed by atoms with van der Waals surface area (Å²) in [6, 6.07) is 25.0. The minimum atomic E-state index is -0.334. The third-order valence-electron chi connectivity index (χ3n) is 5.07. The van der Waals surface area contributed by atoms with Crippen LogP contribution in [0.2, 0.25) is 0 Å². The summed E-state index contributed by atoms with van der Waals surface area (Å²) < 4.78 is 0. The Bertz CT molecular complexity index is 922. The summed E-state index contributed by atoms with van der Waals surface area (Å²) >= 11 is 0. The molecule has 0 unspecified atom stereocenters. The first kappa shape index (κ1) is 21.3. The zero-order valence-corrected chi connectivity index (χ0v) is 17.7. The van der Waals surface area contributed by atoms with Crippen LogP contribution in [0.4, 0.5) is 17.1 Å². The maximum Gasteiger partial charge on any atom is 0.292 e. The van der Waals surface area contributed by atoms with Crippen LogP contribution >= 0.6 is 0 Å². The quantitative estimate of drug-likeness (QED) is 0.410. The van der Waals surface area contributed by atoms with Crippen LogP contribution < -0.4 is 10.2 Å². The van der Waals surface area contributed by atoms with Gasteiger partial charge in [-0.15, -0.1) is 0 Å². The number of hydrogen-bond donors (Lipinski definition) is 1. The molecule has 0 heterocycles. The van der Waals surface area contributed by atoms with Crippen LogP contribution in [0.15, 0.2) is 78.9 Å². The lowest BCUT2D eigenvalue weighted by molar-refractivity contribution is -0.384. The highest BCUT2D eigenvalue weighted by Crippen LogP contribution is 2.34. The summed E-state index contributed by atoms with van der Waals surface area (Å²) in [5.41, 5.74) is 3.60. The van der Waals surface area contributed by atoms with Crippen molar-refractivity contribution in [2.75, 3.05) is 44.4 Å². The highest BCUT2D eigenvalue weighted by molar-refractivity contribution is 5.70. The average Bonchev–Trinajstić information content (AvgIpc) is 2.76. The van der Waals surface area contributed by atoms with Gasteiger partial charge in [0.25, 0.3) is 5.69 Å². The lowest BCUT2D eigenvalue weighted by Gasteiger charge is -2.24. The topological polar surface area (TPSA) is 61.7 Å². The predicted octanol–water partition coefficient (Wildman–Crippen LogP) is 4.79. The molecule has 0 saturated heterocycles. The van der Waals surface area contributed by atoms with Gasteiger partial charge in [-0.1, -0.05) is 60.7 Å². The smallest absolute Gasteiger partial charge is 0.292 e. The second-order valence-corrected chi connectivity index (χ2v) is 7.58. The van der Waals surface area contributed by atoms with Crippen LogP contribution in [0, 0.1) is 10.1 Å². The fourth-order valence-electron chi connectivity index (χ4n) is 3.32. The van der Waals surface area contributed by atoms with Gasteiger partial charge in [0.15, 0.2) is 0 Å². The Balaban J connectivity index is 1.98. The standard InChI is InChI=1S/C24H28N4O2/c1-26(2)16-17-27(3)21-14-15-23(28(29)30)22(18-21)25-24(19-10-6-4-7-11-19)20-12-8-5-9-13-20/h4-15,18,24-25H,16-17H2,1-3H3. The van der Waals surface area contributed by atoms with Gasteiger partial charge in [-0.3, -0.25) is 10.1 Å². The summed E-state index contributed by atoms with van der Waals surface area (Å²) in [6.45, 7) is 1.72. The second kappa shape index (κ2) is 9.89. The molecular formula is C24H28N4O2. The molecule has 3 aromatic carbocycles. The van der Waals surface area contributed by atoms with Crippen LogP contribution in [-0.4, -0.2) is 44.1 Å². The third kappa shape index (κ3) is 5.36. The second-order valence-electron chi connectivity index (χ2n) is 7.58. The molecule has 0 amide bonds. The molecular weight excluding hydrogens is 376 g/mol. The molecule has 0 spiro atoms. The van der Waals surface area contributed by atoms with Crippen molar-refractivity contribution in [3.63, 3.8) is 0 Å². The maximum atomic E-state index is 11.7. The molecule has 0 fully saturated rings. The van der Waals surface area contributed by atoms with Gasteiger partial charge in [0.1, 0.15) is 5.69 Å². The number of nitrogens with one attached hydrogen (secondary N) is 1. The Morgan fingerprint density at radius 1 is 0.867 bits per heavy atom. The van der Waals surface area contributed by atoms with Crippen LogP contribution in [0.3, 0.4) is 0 Å². The van der Waals surface area contributed by atoms with Crippen molar-refractivity contribution in [3.8, 4) is 0 Å². The zero-order valence-electron chi connectivity index (χ0n) is 17.7. The number of nitrogens with zero attached hydrogens (tertiary/aromatic N) is 3. The van der Waals surface area contributed by atoms with Crippen molar-refractivity contribution in [2.24, 2.45) is 0 Å². The van der Waals surface area contributed by atoms with Gasteiger partial charge in [0, 0.05) is 31.9 Å². The van der Waals surface area contributed by atoms with E-state index >= 15 is 0 Å². The Morgan fingerprint density at radius 2 is 1.43 bits per heavy atom. The first-order valence-electron chi connectivity index (χ1n) is 9.96. The number of nitro benzene ring substituents is 1. The van der Waals surface area contributed by atoms with Gasteiger partial charge in [-0.25, -0.2) is 0 Å². The van der Waals surface area contributed by atoms with Crippen LogP contribution in [0.5, 0.6) is 0 Å². The lowest BCUT2D eigenvalue weighted by atomic mass is 9.98. The highest BCUT2D eigenvalue weighted by Gasteiger charge is 2.21. The molecule has 0 bridgehead atoms. The number of nitro groups is 1. The van der Waals surface area contributed by atoms with Crippen molar-refractivity contribution in [2.45, 2.75) is 6.04 Å². The van der Waals surface area contributed by atoms with Gasteiger partial charge in [0.05, 0.1) is 11.0 Å². The van der Waals surface area contributed by atoms with Gasteiger partial charge >= 0.3 is 0 Å². The van der Waals surface area contributed by atoms with E-state index in [1.54, 1.807) is 12.1 Å². The van der Waals surface area contributed by atoms with Gasteiger partial charge in [-0.2, -0.15) is 0 Å². The molecule has 0 aliphatic carbocycles. The van der Waals surface area contributed by atoms with E-state index in [0.717, 1.165) is 29.9 Å². The fourth-order valence-corrected chi connectivity index (χ4v) is 3.32. The molecule has 3 rings (SSSR count). The largest absolute Gasteiger partial charge is 0.373 e. The zero-order chi connectivity index (χ0) is 21.5. The van der Waals surface area contributed by atoms with E-state index in [0.29, 0.717) is 5.69 Å². The first-order chi connectivity index (χ1) is 14.5. The number of likely N-dealkylation sites (N-methyl/N-ethyl adjacent to an activating group) is 2. The summed E-state index contributed by atoms with van der Waals surface area (Å²) in [6.07, 6.45) is 0. The van der Waals surface area contributed by atoms with E-state index in [1.807, 2.05) is 87.9 Å². The van der Waals surface area contributed by atoms with E-state index in [9.17, 15) is 10.1 Å². The van der Waals surface area contributed by atoms with E-state index < -0.39 is 0 Å². The van der Waals surface area contributed by atoms with Crippen LogP contribution in [-0.2, 0) is 0 Å². The molecule has 0 atom stereocenters. The minimum absolute atomic E-state index is 0.0663. The van der Waals surface area contributed by atoms with E-state index in [4.69, 9.17) is 0 Å². The van der Waals surface area contributed by atoms with E-state index in [-0.39, 0.29) is 16.7 Å². The number of hydrogen-bond acceptors (Lipinski definition) is 5. The average molecular weight is 405 g/mol. The Morgan fingerprint density at radius 3 is 1.93 bits per heavy atom. The van der Waals surface area contributed by atoms with Gasteiger partial charge in [-0.05, 0) is 37.4 Å². The molecule has 6 heteroatoms. The summed E-state index contributed by atoms with van der Waals surface area (Å²) in [5.74, 6) is 0. The van der Waals surface area contributed by atoms with E-state index in [2.05, 4.69) is 15.1 Å². The number of rotatable bonds is 9. The minimum Gasteiger partial charge on any atom is -0.373 e. The molecule has 156 valence electrons. The SMILES string of the molecule is CN(C)CCN(C)c1ccc([N+](=O)[O-])c(NC(c2ccccc2)c2ccccc2)c1. The predicted molar refractivity (Wildman–Crippen MR) is 123 cm³/mol. The van der Waals surface area contributed by atoms with E-state index in [1.165, 1.54) is 0 Å². The maximum absolute atomic E-state index is 11.7. The number of anilines is 2. The van der Waals surface area contributed by atoms with Gasteiger partial charge in [0.2, 0.25) is 0 Å². The third-order valence-corrected chi connectivity index (χ3v) is 5.07. The van der Waals surface area contributed by atoms with Crippen LogP contribution in [0.25, 0.3) is 0 Å². The monoisotopic (exact) mass is 404 g/mol. The fraction of sp³-hybridized carbons (Fsp3) is 0.250.